The zero-order chi connectivity index (χ0) is 21.1. The molecule has 30 heavy (non-hydrogen) atoms. The fraction of sp³-hybridized carbons (Fsp3) is 0.280. The molecule has 0 radical (unpaired) electrons. The molecule has 154 valence electrons. The normalized spacial score (nSPS) is 16.7. The fourth-order valence-corrected chi connectivity index (χ4v) is 4.00. The highest BCUT2D eigenvalue weighted by molar-refractivity contribution is 5.98. The summed E-state index contributed by atoms with van der Waals surface area (Å²) in [5.41, 5.74) is 4.84. The summed E-state index contributed by atoms with van der Waals surface area (Å²) in [6.45, 7) is 4.84. The summed E-state index contributed by atoms with van der Waals surface area (Å²) in [5, 5.41) is 0. The lowest BCUT2D eigenvalue weighted by Crippen LogP contribution is -2.38. The number of aromatic nitrogens is 2. The second-order valence-electron chi connectivity index (χ2n) is 7.71. The second-order valence-corrected chi connectivity index (χ2v) is 7.71. The van der Waals surface area contributed by atoms with Gasteiger partial charge in [-0.15, -0.1) is 0 Å². The Labute approximate surface area is 177 Å². The largest absolute Gasteiger partial charge is 0.495 e. The van der Waals surface area contributed by atoms with Crippen molar-refractivity contribution in [2.24, 2.45) is 0 Å². The van der Waals surface area contributed by atoms with E-state index in [9.17, 15) is 4.79 Å². The molecule has 2 heterocycles. The van der Waals surface area contributed by atoms with E-state index in [2.05, 4.69) is 24.0 Å². The fourth-order valence-electron chi connectivity index (χ4n) is 4.00. The molecule has 1 aromatic heterocycles. The Kier molecular flexibility index (Phi) is 5.70. The number of amides is 1. The van der Waals surface area contributed by atoms with Gasteiger partial charge in [0.15, 0.2) is 0 Å². The topological polar surface area (TPSA) is 47.4 Å². The molecular weight excluding hydrogens is 374 g/mol. The molecule has 4 rings (SSSR count). The monoisotopic (exact) mass is 401 g/mol. The lowest BCUT2D eigenvalue weighted by molar-refractivity contribution is -0.130. The van der Waals surface area contributed by atoms with Gasteiger partial charge >= 0.3 is 0 Å². The maximum Gasteiger partial charge on any atom is 0.250 e. The van der Waals surface area contributed by atoms with Crippen LogP contribution in [-0.4, -0.2) is 34.0 Å². The quantitative estimate of drug-likeness (QED) is 0.568. The van der Waals surface area contributed by atoms with Crippen LogP contribution in [0.4, 0.5) is 0 Å². The Hall–Kier alpha value is -3.34. The van der Waals surface area contributed by atoms with Crippen molar-refractivity contribution in [3.8, 4) is 11.4 Å². The highest BCUT2D eigenvalue weighted by Gasteiger charge is 2.27. The van der Waals surface area contributed by atoms with Crippen LogP contribution in [0.1, 0.15) is 42.6 Å². The van der Waals surface area contributed by atoms with Gasteiger partial charge in [-0.25, -0.2) is 4.98 Å². The first-order chi connectivity index (χ1) is 14.6. The molecule has 0 unspecified atom stereocenters. The van der Waals surface area contributed by atoms with E-state index in [-0.39, 0.29) is 11.9 Å². The summed E-state index contributed by atoms with van der Waals surface area (Å²) >= 11 is 0. The van der Waals surface area contributed by atoms with Crippen LogP contribution in [0.5, 0.6) is 5.75 Å². The van der Waals surface area contributed by atoms with Crippen LogP contribution in [-0.2, 0) is 4.79 Å². The van der Waals surface area contributed by atoms with Crippen molar-refractivity contribution in [3.63, 3.8) is 0 Å². The maximum atomic E-state index is 13.2. The van der Waals surface area contributed by atoms with Crippen LogP contribution in [0.25, 0.3) is 11.8 Å². The Morgan fingerprint density at radius 1 is 1.17 bits per heavy atom. The van der Waals surface area contributed by atoms with Gasteiger partial charge in [-0.05, 0) is 56.0 Å². The smallest absolute Gasteiger partial charge is 0.250 e. The van der Waals surface area contributed by atoms with Crippen molar-refractivity contribution in [1.82, 2.24) is 14.5 Å². The van der Waals surface area contributed by atoms with Crippen LogP contribution in [0.2, 0.25) is 0 Å². The van der Waals surface area contributed by atoms with Crippen molar-refractivity contribution in [3.05, 3.63) is 83.4 Å². The van der Waals surface area contributed by atoms with Crippen molar-refractivity contribution >= 4 is 12.0 Å². The van der Waals surface area contributed by atoms with Crippen molar-refractivity contribution < 1.29 is 9.53 Å². The first kappa shape index (κ1) is 20.0. The van der Waals surface area contributed by atoms with Crippen molar-refractivity contribution in [2.45, 2.75) is 32.7 Å². The average Bonchev–Trinajstić information content (AvgIpc) is 3.21. The third-order valence-electron chi connectivity index (χ3n) is 5.66. The molecule has 5 heteroatoms. The molecule has 5 nitrogen and oxygen atoms in total. The van der Waals surface area contributed by atoms with Crippen molar-refractivity contribution in [1.29, 1.82) is 0 Å². The predicted molar refractivity (Wildman–Crippen MR) is 119 cm³/mol. The standard InChI is InChI=1S/C25H27N3O2/c1-18-16-27(17-26-18)23-12-11-20(15-24(23)30-3)14-22-10-7-13-28(25(22)29)19(2)21-8-5-4-6-9-21/h4-6,8-9,11-12,14-17,19H,7,10,13H2,1-3H3/b22-14-/t19-/m0/s1. The molecule has 1 aliphatic heterocycles. The summed E-state index contributed by atoms with van der Waals surface area (Å²) in [5.74, 6) is 0.866. The molecule has 1 fully saturated rings. The molecule has 1 aliphatic rings. The molecule has 0 bridgehead atoms. The Bertz CT molecular complexity index is 1070. The molecule has 0 aliphatic carbocycles. The Morgan fingerprint density at radius 2 is 1.97 bits per heavy atom. The third kappa shape index (κ3) is 4.01. The predicted octanol–water partition coefficient (Wildman–Crippen LogP) is 4.96. The van der Waals surface area contributed by atoms with Crippen LogP contribution in [0, 0.1) is 6.92 Å². The summed E-state index contributed by atoms with van der Waals surface area (Å²) in [4.78, 5) is 19.5. The van der Waals surface area contributed by atoms with Gasteiger partial charge in [0.25, 0.3) is 0 Å². The van der Waals surface area contributed by atoms with Gasteiger partial charge < -0.3 is 14.2 Å². The first-order valence-electron chi connectivity index (χ1n) is 10.3. The Morgan fingerprint density at radius 3 is 2.67 bits per heavy atom. The number of piperidine rings is 1. The maximum absolute atomic E-state index is 13.2. The number of carbonyl (C=O) groups is 1. The Balaban J connectivity index is 1.60. The number of likely N-dealkylation sites (tertiary alicyclic amines) is 1. The van der Waals surface area contributed by atoms with E-state index >= 15 is 0 Å². The molecule has 0 spiro atoms. The number of hydrogen-bond donors (Lipinski definition) is 0. The summed E-state index contributed by atoms with van der Waals surface area (Å²) in [7, 11) is 1.66. The van der Waals surface area contributed by atoms with Crippen LogP contribution >= 0.6 is 0 Å². The van der Waals surface area contributed by atoms with Crippen LogP contribution in [0.15, 0.2) is 66.6 Å². The molecule has 2 aromatic carbocycles. The summed E-state index contributed by atoms with van der Waals surface area (Å²) < 4.78 is 7.55. The number of methoxy groups -OCH3 is 1. The number of carbonyl (C=O) groups excluding carboxylic acids is 1. The molecule has 1 saturated heterocycles. The van der Waals surface area contributed by atoms with Gasteiger partial charge in [0.1, 0.15) is 5.75 Å². The van der Waals surface area contributed by atoms with E-state index in [0.717, 1.165) is 53.2 Å². The average molecular weight is 402 g/mol. The molecule has 0 saturated carbocycles. The number of benzene rings is 2. The SMILES string of the molecule is COc1cc(/C=C2/CCCN([C@@H](C)c3ccccc3)C2=O)ccc1-n1cnc(C)c1. The van der Waals surface area contributed by atoms with E-state index < -0.39 is 0 Å². The second kappa shape index (κ2) is 8.57. The number of nitrogens with zero attached hydrogens (tertiary/aromatic N) is 3. The molecule has 0 N–H and O–H groups in total. The van der Waals surface area contributed by atoms with Crippen LogP contribution in [0.3, 0.4) is 0 Å². The summed E-state index contributed by atoms with van der Waals surface area (Å²) in [6, 6.07) is 16.3. The van der Waals surface area contributed by atoms with E-state index in [1.54, 1.807) is 13.4 Å². The molecule has 3 aromatic rings. The highest BCUT2D eigenvalue weighted by atomic mass is 16.5. The molecule has 1 atom stereocenters. The van der Waals surface area contributed by atoms with E-state index in [1.807, 2.05) is 65.1 Å². The number of ether oxygens (including phenoxy) is 1. The van der Waals surface area contributed by atoms with Gasteiger partial charge in [-0.3, -0.25) is 4.79 Å². The lowest BCUT2D eigenvalue weighted by atomic mass is 9.97. The number of rotatable bonds is 5. The van der Waals surface area contributed by atoms with Crippen LogP contribution < -0.4 is 4.74 Å². The van der Waals surface area contributed by atoms with Gasteiger partial charge in [-0.1, -0.05) is 36.4 Å². The van der Waals surface area contributed by atoms with E-state index in [0.29, 0.717) is 0 Å². The highest BCUT2D eigenvalue weighted by Crippen LogP contribution is 2.30. The van der Waals surface area contributed by atoms with Gasteiger partial charge in [0, 0.05) is 18.3 Å². The number of aryl methyl sites for hydroxylation is 1. The number of imidazole rings is 1. The van der Waals surface area contributed by atoms with Gasteiger partial charge in [0.05, 0.1) is 30.9 Å². The third-order valence-corrected chi connectivity index (χ3v) is 5.66. The van der Waals surface area contributed by atoms with E-state index in [1.165, 1.54) is 0 Å². The van der Waals surface area contributed by atoms with Gasteiger partial charge in [0.2, 0.25) is 5.91 Å². The molecule has 1 amide bonds. The number of hydrogen-bond acceptors (Lipinski definition) is 3. The zero-order valence-electron chi connectivity index (χ0n) is 17.7. The first-order valence-corrected chi connectivity index (χ1v) is 10.3. The van der Waals surface area contributed by atoms with Gasteiger partial charge in [-0.2, -0.15) is 0 Å². The zero-order valence-corrected chi connectivity index (χ0v) is 17.7. The van der Waals surface area contributed by atoms with Crippen molar-refractivity contribution in [2.75, 3.05) is 13.7 Å². The lowest BCUT2D eigenvalue weighted by Gasteiger charge is -2.34. The minimum Gasteiger partial charge on any atom is -0.495 e. The molecular formula is C25H27N3O2. The minimum atomic E-state index is 0.0591. The minimum absolute atomic E-state index is 0.0591. The summed E-state index contributed by atoms with van der Waals surface area (Å²) in [6.07, 6.45) is 7.50. The van der Waals surface area contributed by atoms with E-state index in [4.69, 9.17) is 4.74 Å².